The molecule has 2 amide bonds. The summed E-state index contributed by atoms with van der Waals surface area (Å²) in [6, 6.07) is 79.1. The summed E-state index contributed by atoms with van der Waals surface area (Å²) in [6.45, 7) is 31.5. The van der Waals surface area contributed by atoms with Gasteiger partial charge in [0.15, 0.2) is 0 Å². The minimum absolute atomic E-state index is 0.221. The van der Waals surface area contributed by atoms with E-state index in [0.717, 1.165) is 130 Å². The first-order valence-corrected chi connectivity index (χ1v) is 44.8. The first kappa shape index (κ1) is 116. The highest BCUT2D eigenvalue weighted by Crippen LogP contribution is 2.18. The van der Waals surface area contributed by atoms with Crippen molar-refractivity contribution in [2.75, 3.05) is 134 Å². The summed E-state index contributed by atoms with van der Waals surface area (Å²) in [5.74, 6) is 0.178. The Kier molecular flexibility index (Phi) is 63.8. The van der Waals surface area contributed by atoms with Crippen molar-refractivity contribution in [3.63, 3.8) is 0 Å². The summed E-state index contributed by atoms with van der Waals surface area (Å²) >= 11 is 0. The van der Waals surface area contributed by atoms with Crippen LogP contribution >= 0.6 is 0 Å². The van der Waals surface area contributed by atoms with Crippen molar-refractivity contribution in [3.05, 3.63) is 326 Å². The van der Waals surface area contributed by atoms with Crippen LogP contribution in [0.1, 0.15) is 121 Å². The lowest BCUT2D eigenvalue weighted by Crippen LogP contribution is -2.41. The summed E-state index contributed by atoms with van der Waals surface area (Å²) in [5, 5.41) is 5.17. The number of likely N-dealkylation sites (N-methyl/N-ethyl adjacent to an activating group) is 1. The number of carbonyl (C=O) groups excluding carboxylic acids is 6. The van der Waals surface area contributed by atoms with Crippen molar-refractivity contribution >= 4 is 65.4 Å². The lowest BCUT2D eigenvalue weighted by molar-refractivity contribution is -0.130. The number of aryl methyl sites for hydroxylation is 6. The van der Waals surface area contributed by atoms with Gasteiger partial charge in [0.05, 0.1) is 11.8 Å². The van der Waals surface area contributed by atoms with E-state index in [1.807, 2.05) is 142 Å². The SMILES string of the molecule is CC(CN)Cc1ccc(C=O)cc1.CC(CN)Cc1ccc(N)cc1.CC(N)Cc1ccc(N)cc1.Cc1ccc(C)cc1.Cc1ccc(CC(C)CN)cc1.Cc1ccc(CC(CN(C)CCN)CN(CCN)CCN)cc1.Cc1ccc(N)cc1.Cc1ccc(N)cc1.NCCNC(=O)C(C=O)Cc1ccc(C=O)cc1.NCCNC(=O)C(C=O)Cc1ccc(N)cc1. The number of carbonyl (C=O) groups is 6. The normalized spacial score (nSPS) is 11.9. The van der Waals surface area contributed by atoms with Gasteiger partial charge in [-0.25, -0.2) is 0 Å². The highest BCUT2D eigenvalue weighted by Gasteiger charge is 2.20. The summed E-state index contributed by atoms with van der Waals surface area (Å²) < 4.78 is 0. The molecule has 7 unspecified atom stereocenters. The number of aldehydes is 4. The topological polar surface area (TPSA) is 497 Å². The van der Waals surface area contributed by atoms with Crippen molar-refractivity contribution in [2.45, 2.75) is 120 Å². The van der Waals surface area contributed by atoms with Crippen LogP contribution in [0.4, 0.5) is 28.4 Å². The molecular weight excluding hydrogens is 1620 g/mol. The third kappa shape index (κ3) is 58.0. The Balaban J connectivity index is 0.000000734. The van der Waals surface area contributed by atoms with Gasteiger partial charge in [0, 0.05) is 124 Å². The monoisotopic (exact) mass is 1780 g/mol. The van der Waals surface area contributed by atoms with Crippen LogP contribution in [0.15, 0.2) is 243 Å². The molecule has 24 nitrogen and oxygen atoms in total. The Morgan fingerprint density at radius 2 is 0.538 bits per heavy atom. The smallest absolute Gasteiger partial charge is 0.230 e. The fourth-order valence-electron chi connectivity index (χ4n) is 12.3. The van der Waals surface area contributed by atoms with Crippen LogP contribution in [-0.2, 0) is 64.1 Å². The van der Waals surface area contributed by atoms with Gasteiger partial charge in [-0.05, 0) is 243 Å². The van der Waals surface area contributed by atoms with E-state index in [9.17, 15) is 28.8 Å². The number of nitrogens with zero attached hydrogens (tertiary/aromatic N) is 2. The number of nitrogens with two attached hydrogens (primary N) is 14. The quantitative estimate of drug-likeness (QED) is 0.00977. The second-order valence-electron chi connectivity index (χ2n) is 33.3. The van der Waals surface area contributed by atoms with Crippen LogP contribution in [0, 0.1) is 77.0 Å². The van der Waals surface area contributed by atoms with E-state index >= 15 is 0 Å². The van der Waals surface area contributed by atoms with Gasteiger partial charge >= 0.3 is 0 Å². The number of hydrogen-bond donors (Lipinski definition) is 16. The number of hydrogen-bond acceptors (Lipinski definition) is 22. The zero-order chi connectivity index (χ0) is 97.0. The molecule has 30 N–H and O–H groups in total. The molecule has 10 rings (SSSR count). The van der Waals surface area contributed by atoms with Crippen LogP contribution in [0.5, 0.6) is 0 Å². The molecule has 0 saturated heterocycles. The Labute approximate surface area is 777 Å². The summed E-state index contributed by atoms with van der Waals surface area (Å²) in [6.07, 6.45) is 8.68. The fraction of sp³-hybridized carbons (Fsp3) is 0.377. The molecule has 0 aliphatic rings. The molecule has 0 radical (unpaired) electrons. The molecule has 0 fully saturated rings. The van der Waals surface area contributed by atoms with Gasteiger partial charge in [0.1, 0.15) is 25.1 Å². The van der Waals surface area contributed by atoms with Crippen molar-refractivity contribution in [3.8, 4) is 0 Å². The van der Waals surface area contributed by atoms with Crippen molar-refractivity contribution in [1.82, 2.24) is 20.4 Å². The van der Waals surface area contributed by atoms with Gasteiger partial charge in [0.2, 0.25) is 11.8 Å². The molecule has 130 heavy (non-hydrogen) atoms. The number of amides is 2. The molecule has 10 aromatic rings. The molecule has 7 atom stereocenters. The maximum atomic E-state index is 11.6. The Hall–Kier alpha value is -11.6. The van der Waals surface area contributed by atoms with E-state index in [4.69, 9.17) is 80.3 Å². The van der Waals surface area contributed by atoms with E-state index in [2.05, 4.69) is 161 Å². The average Bonchev–Trinajstić information content (AvgIpc) is 0.895. The zero-order valence-electron chi connectivity index (χ0n) is 79.4. The van der Waals surface area contributed by atoms with Gasteiger partial charge in [0.25, 0.3) is 0 Å². The molecule has 0 heterocycles. The first-order valence-electron chi connectivity index (χ1n) is 44.8. The van der Waals surface area contributed by atoms with Gasteiger partial charge < -0.3 is 110 Å². The number of nitrogens with one attached hydrogen (secondary N) is 2. The minimum atomic E-state index is -0.723. The Bertz CT molecular complexity index is 4320. The highest BCUT2D eigenvalue weighted by atomic mass is 16.2. The third-order valence-electron chi connectivity index (χ3n) is 20.1. The van der Waals surface area contributed by atoms with Crippen molar-refractivity contribution < 1.29 is 28.8 Å². The molecule has 0 saturated carbocycles. The van der Waals surface area contributed by atoms with Crippen molar-refractivity contribution in [2.24, 2.45) is 87.1 Å². The molecular formula is C106H158N18O6. The van der Waals surface area contributed by atoms with E-state index in [1.54, 1.807) is 36.4 Å². The van der Waals surface area contributed by atoms with E-state index in [-0.39, 0.29) is 17.9 Å². The summed E-state index contributed by atoms with van der Waals surface area (Å²) in [7, 11) is 2.14. The second kappa shape index (κ2) is 71.2. The maximum Gasteiger partial charge on any atom is 0.230 e. The standard InChI is InChI=1S/C18H35N5.C13H16N2O3.C12H17N3O2.C11H15NO.C11H17N.C10H16N2.C9H14N2.C8H10.2C7H9N/c1-16-3-5-17(6-4-16)13-18(14-22(2)10-7-19)15-23(11-8-20)12-9-21;14-5-6-15-13(18)12(9-17)7-10-1-3-11(8-16)4-2-10;13-5-6-15-12(17)10(8-16)7-9-1-3-11(14)4-2-9;1-9(7-12)6-10-2-4-11(8-13)5-3-10;1-9-3-5-11(6-4-9)7-10(2)8-12;1-8(7-11)6-9-2-4-10(12)5-3-9;1-7(10)6-8-2-4-9(11)5-3-8;1-7-3-5-8(2)6-4-7;2*1-6-2-4-7(8)5-3-6/h3-6,18H,7-15,19-21H2,1-2H3;1-4,8-9,12H,5-7,14H2,(H,15,18);1-4,8,10H,5-7,13-14H2,(H,15,17);2-5,8-9H,6-7,12H2,1H3;3-6,10H,7-8,12H2,1-2H3;2-5,8H,6-7,11-12H2,1H3;2-5,7H,6,10-11H2,1H3;3-6H,1-2H3;2*2-5H,8H2,1H3. The first-order chi connectivity index (χ1) is 62.2. The van der Waals surface area contributed by atoms with Gasteiger partial charge in [-0.1, -0.05) is 236 Å². The number of nitrogen functional groups attached to an aromatic ring is 5. The van der Waals surface area contributed by atoms with E-state index in [0.29, 0.717) is 113 Å². The lowest BCUT2D eigenvalue weighted by Gasteiger charge is -2.30. The molecule has 0 aliphatic carbocycles. The van der Waals surface area contributed by atoms with Gasteiger partial charge in [-0.3, -0.25) is 19.2 Å². The molecule has 10 aromatic carbocycles. The molecule has 0 aromatic heterocycles. The lowest BCUT2D eigenvalue weighted by atomic mass is 9.97. The van der Waals surface area contributed by atoms with Gasteiger partial charge in [-0.15, -0.1) is 0 Å². The maximum absolute atomic E-state index is 11.6. The summed E-state index contributed by atoms with van der Waals surface area (Å²) in [5.41, 5.74) is 98.7. The molecule has 0 spiro atoms. The predicted octanol–water partition coefficient (Wildman–Crippen LogP) is 11.7. The van der Waals surface area contributed by atoms with Crippen LogP contribution in [0.25, 0.3) is 0 Å². The largest absolute Gasteiger partial charge is 0.399 e. The third-order valence-corrected chi connectivity index (χ3v) is 20.1. The number of rotatable bonds is 37. The van der Waals surface area contributed by atoms with E-state index in [1.165, 1.54) is 61.2 Å². The van der Waals surface area contributed by atoms with E-state index < -0.39 is 11.8 Å². The van der Waals surface area contributed by atoms with Gasteiger partial charge in [-0.2, -0.15) is 0 Å². The average molecular weight is 1780 g/mol. The molecule has 24 heteroatoms. The predicted molar refractivity (Wildman–Crippen MR) is 548 cm³/mol. The highest BCUT2D eigenvalue weighted by molar-refractivity contribution is 5.92. The summed E-state index contributed by atoms with van der Waals surface area (Å²) in [4.78, 5) is 70.5. The minimum Gasteiger partial charge on any atom is -0.399 e. The van der Waals surface area contributed by atoms with Crippen LogP contribution in [-0.4, -0.2) is 158 Å². The Morgan fingerprint density at radius 3 is 0.777 bits per heavy atom. The molecule has 708 valence electrons. The number of anilines is 5. The Morgan fingerprint density at radius 1 is 0.308 bits per heavy atom. The second-order valence-corrected chi connectivity index (χ2v) is 33.3. The van der Waals surface area contributed by atoms with Crippen molar-refractivity contribution in [1.29, 1.82) is 0 Å². The van der Waals surface area contributed by atoms with Crippen LogP contribution < -0.4 is 90.9 Å². The molecule has 0 aliphatic heterocycles. The van der Waals surface area contributed by atoms with Crippen LogP contribution in [0.2, 0.25) is 0 Å². The van der Waals surface area contributed by atoms with Crippen LogP contribution in [0.3, 0.4) is 0 Å². The molecule has 0 bridgehead atoms. The fourth-order valence-corrected chi connectivity index (χ4v) is 12.3. The zero-order valence-corrected chi connectivity index (χ0v) is 79.4. The number of benzene rings is 10.